The molecule has 4 saturated heterocycles. The Morgan fingerprint density at radius 1 is 0.846 bits per heavy atom. The number of phenolic OH excluding ortho intramolecular Hbond substituents is 1. The van der Waals surface area contributed by atoms with E-state index in [-0.39, 0.29) is 65.2 Å². The van der Waals surface area contributed by atoms with E-state index in [1.54, 1.807) is 12.1 Å². The van der Waals surface area contributed by atoms with Crippen LogP contribution in [-0.2, 0) is 0 Å². The zero-order valence-electron chi connectivity index (χ0n) is 38.0. The van der Waals surface area contributed by atoms with Gasteiger partial charge in [-0.15, -0.1) is 18.0 Å². The number of aromatic nitrogens is 3. The van der Waals surface area contributed by atoms with Crippen molar-refractivity contribution in [2.24, 2.45) is 0 Å². The molecule has 6 heterocycles. The third kappa shape index (κ3) is 7.70. The lowest BCUT2D eigenvalue weighted by Gasteiger charge is -2.38. The first-order chi connectivity index (χ1) is 30.8. The Labute approximate surface area is 386 Å². The van der Waals surface area contributed by atoms with E-state index < -0.39 is 31.4 Å². The maximum absolute atomic E-state index is 18.3. The number of hydrogen-bond donors (Lipinski definition) is 2. The largest absolute Gasteiger partial charge is 0.508 e. The van der Waals surface area contributed by atoms with Crippen molar-refractivity contribution in [3.63, 3.8) is 0 Å². The van der Waals surface area contributed by atoms with Crippen molar-refractivity contribution in [3.8, 4) is 45.7 Å². The van der Waals surface area contributed by atoms with E-state index in [1.165, 1.54) is 12.1 Å². The number of anilines is 1. The molecule has 0 amide bonds. The number of nitrogens with one attached hydrogen (secondary N) is 1. The van der Waals surface area contributed by atoms with Crippen molar-refractivity contribution in [1.29, 1.82) is 0 Å². The van der Waals surface area contributed by atoms with Crippen molar-refractivity contribution in [2.75, 3.05) is 37.7 Å². The molecule has 340 valence electrons. The van der Waals surface area contributed by atoms with Crippen LogP contribution in [0.2, 0.25) is 16.6 Å². The number of pyridine rings is 1. The smallest absolute Gasteiger partial charge is 0.319 e. The Morgan fingerprint density at radius 3 is 2.31 bits per heavy atom. The number of fused-ring (bicyclic) bond motifs is 6. The van der Waals surface area contributed by atoms with E-state index in [2.05, 4.69) is 68.1 Å². The maximum atomic E-state index is 18.3. The minimum atomic E-state index is -2.35. The van der Waals surface area contributed by atoms with Crippen LogP contribution < -0.4 is 15.0 Å². The number of phenols is 1. The predicted molar refractivity (Wildman–Crippen MR) is 261 cm³/mol. The molecule has 4 aliphatic rings. The van der Waals surface area contributed by atoms with Crippen LogP contribution in [0.25, 0.3) is 55.0 Å². The highest BCUT2D eigenvalue weighted by Gasteiger charge is 2.49. The highest BCUT2D eigenvalue weighted by Crippen LogP contribution is 2.46. The molecule has 2 N–H and O–H groups in total. The minimum Gasteiger partial charge on any atom is -0.508 e. The van der Waals surface area contributed by atoms with E-state index in [4.69, 9.17) is 19.7 Å². The second-order valence-corrected chi connectivity index (χ2v) is 25.4. The molecule has 13 heteroatoms. The molecule has 0 aliphatic carbocycles. The summed E-state index contributed by atoms with van der Waals surface area (Å²) in [6.45, 7) is 15.9. The van der Waals surface area contributed by atoms with Gasteiger partial charge in [0.2, 0.25) is 0 Å². The quantitative estimate of drug-likeness (QED) is 0.110. The first kappa shape index (κ1) is 45.2. The second-order valence-electron chi connectivity index (χ2n) is 19.8. The number of ether oxygens (including phenoxy) is 1. The lowest BCUT2D eigenvalue weighted by Crippen LogP contribution is -2.51. The molecule has 4 aliphatic heterocycles. The van der Waals surface area contributed by atoms with E-state index in [9.17, 15) is 9.50 Å². The van der Waals surface area contributed by atoms with Gasteiger partial charge in [0.25, 0.3) is 0 Å². The Balaban J connectivity index is 0.00000533. The molecule has 4 aromatic carbocycles. The van der Waals surface area contributed by atoms with E-state index >= 15 is 8.78 Å². The molecule has 0 radical (unpaired) electrons. The van der Waals surface area contributed by atoms with E-state index in [1.807, 2.05) is 42.5 Å². The molecule has 2 bridgehead atoms. The average Bonchev–Trinajstić information content (AvgIpc) is 3.92. The standard InChI is InChI=1S/C52H57F3N6O2Si.ClH/c1-30(2)64(31(3)4,32(5)6)22-19-41-43(54)18-15-34-23-38(62)24-42(44(34)41)48-46(55)49-45(47(57-48)40-14-9-12-33-11-7-8-13-39(33)40)50(60-27-36-16-17-37(28-60)56-36)59-51(58-49)63-29-52-20-10-21-61(52)26-35(53)25-52;/h7-9,11-15,18,23-24,30-32,35-37,56,62H,10,16-17,20-21,25-29H2,1-6H3;1H/t35-,36-,37+,52+;/m1./s1. The summed E-state index contributed by atoms with van der Waals surface area (Å²) in [6.07, 6.45) is 3.20. The molecule has 10 rings (SSSR count). The molecule has 6 aromatic rings. The number of nitrogens with zero attached hydrogens (tertiary/aromatic N) is 5. The summed E-state index contributed by atoms with van der Waals surface area (Å²) in [4.78, 5) is 19.7. The van der Waals surface area contributed by atoms with E-state index in [0.29, 0.717) is 70.3 Å². The zero-order valence-corrected chi connectivity index (χ0v) is 39.8. The summed E-state index contributed by atoms with van der Waals surface area (Å²) >= 11 is 0. The van der Waals surface area contributed by atoms with Gasteiger partial charge >= 0.3 is 6.01 Å². The van der Waals surface area contributed by atoms with Gasteiger partial charge in [-0.2, -0.15) is 9.97 Å². The zero-order chi connectivity index (χ0) is 44.7. The van der Waals surface area contributed by atoms with Crippen molar-refractivity contribution < 1.29 is 23.0 Å². The highest BCUT2D eigenvalue weighted by molar-refractivity contribution is 6.90. The van der Waals surface area contributed by atoms with Crippen molar-refractivity contribution >= 4 is 58.7 Å². The van der Waals surface area contributed by atoms with Crippen LogP contribution in [0, 0.1) is 23.1 Å². The summed E-state index contributed by atoms with van der Waals surface area (Å²) in [5, 5.41) is 18.3. The van der Waals surface area contributed by atoms with Gasteiger partial charge in [0.15, 0.2) is 5.82 Å². The van der Waals surface area contributed by atoms with Crippen LogP contribution in [0.3, 0.4) is 0 Å². The molecule has 8 nitrogen and oxygen atoms in total. The Kier molecular flexibility index (Phi) is 12.1. The van der Waals surface area contributed by atoms with Crippen molar-refractivity contribution in [3.05, 3.63) is 83.9 Å². The third-order valence-electron chi connectivity index (χ3n) is 15.1. The fraction of sp³-hybridized carbons (Fsp3) is 0.442. The summed E-state index contributed by atoms with van der Waals surface area (Å²) in [7, 11) is -2.35. The van der Waals surface area contributed by atoms with Gasteiger partial charge in [0.05, 0.1) is 22.2 Å². The van der Waals surface area contributed by atoms with Crippen LogP contribution in [0.1, 0.15) is 79.2 Å². The number of piperazine rings is 1. The maximum Gasteiger partial charge on any atom is 0.319 e. The average molecular weight is 920 g/mol. The number of alkyl halides is 1. The number of aromatic hydroxyl groups is 1. The van der Waals surface area contributed by atoms with Gasteiger partial charge in [-0.3, -0.25) is 4.90 Å². The predicted octanol–water partition coefficient (Wildman–Crippen LogP) is 11.5. The number of rotatable bonds is 9. The number of benzene rings is 4. The minimum absolute atomic E-state index is 0. The van der Waals surface area contributed by atoms with Crippen molar-refractivity contribution in [1.82, 2.24) is 25.2 Å². The van der Waals surface area contributed by atoms with Gasteiger partial charge in [-0.25, -0.2) is 18.2 Å². The Bertz CT molecular complexity index is 2850. The lowest BCUT2D eigenvalue weighted by atomic mass is 9.94. The Hall–Kier alpha value is -4.93. The fourth-order valence-corrected chi connectivity index (χ4v) is 17.4. The van der Waals surface area contributed by atoms with Crippen molar-refractivity contribution in [2.45, 2.75) is 114 Å². The second kappa shape index (κ2) is 17.4. The monoisotopic (exact) mass is 918 g/mol. The Morgan fingerprint density at radius 2 is 1.57 bits per heavy atom. The third-order valence-corrected chi connectivity index (χ3v) is 21.4. The highest BCUT2D eigenvalue weighted by atomic mass is 35.5. The molecule has 2 aromatic heterocycles. The van der Waals surface area contributed by atoms with Gasteiger partial charge in [-0.1, -0.05) is 96.0 Å². The molecule has 4 fully saturated rings. The normalized spacial score (nSPS) is 22.0. The van der Waals surface area contributed by atoms with Gasteiger partial charge in [0, 0.05) is 54.7 Å². The van der Waals surface area contributed by atoms with Crippen LogP contribution in [0.15, 0.2) is 66.7 Å². The molecule has 0 saturated carbocycles. The van der Waals surface area contributed by atoms with Gasteiger partial charge < -0.3 is 20.1 Å². The summed E-state index contributed by atoms with van der Waals surface area (Å²) in [5.74, 6) is 2.47. The van der Waals surface area contributed by atoms with Crippen LogP contribution in [-0.4, -0.2) is 89.6 Å². The lowest BCUT2D eigenvalue weighted by molar-refractivity contribution is 0.107. The molecule has 65 heavy (non-hydrogen) atoms. The topological polar surface area (TPSA) is 86.6 Å². The molecule has 0 spiro atoms. The van der Waals surface area contributed by atoms with Gasteiger partial charge in [-0.05, 0) is 83.2 Å². The molecule has 4 atom stereocenters. The van der Waals surface area contributed by atoms with Crippen LogP contribution in [0.5, 0.6) is 11.8 Å². The number of halogens is 4. The van der Waals surface area contributed by atoms with Crippen LogP contribution >= 0.6 is 12.4 Å². The fourth-order valence-electron chi connectivity index (χ4n) is 12.2. The summed E-state index contributed by atoms with van der Waals surface area (Å²) in [5.41, 5.74) is 5.55. The summed E-state index contributed by atoms with van der Waals surface area (Å²) < 4.78 is 56.4. The summed E-state index contributed by atoms with van der Waals surface area (Å²) in [6, 6.07) is 20.4. The van der Waals surface area contributed by atoms with Crippen LogP contribution in [0.4, 0.5) is 19.0 Å². The first-order valence-electron chi connectivity index (χ1n) is 23.2. The molecular formula is C52H58ClF3N6O2Si. The first-order valence-corrected chi connectivity index (χ1v) is 25.4. The molecular weight excluding hydrogens is 861 g/mol. The van der Waals surface area contributed by atoms with Gasteiger partial charge in [0.1, 0.15) is 49.4 Å². The molecule has 0 unspecified atom stereocenters. The number of hydrogen-bond acceptors (Lipinski definition) is 8. The SMILES string of the molecule is CC(C)[Si](C#Cc1c(F)ccc2cc(O)cc(-c3nc(-c4cccc5ccccc45)c4c(N5C[C@H]6CC[C@@H](C5)N6)nc(OC[C@@]56CCCN5C[C@H](F)C6)nc4c3F)c12)(C(C)C)C(C)C.Cl. The van der Waals surface area contributed by atoms with E-state index in [0.717, 1.165) is 48.6 Å².